The minimum atomic E-state index is 0.297. The average molecular weight is 279 g/mol. The van der Waals surface area contributed by atoms with E-state index in [1.807, 2.05) is 0 Å². The summed E-state index contributed by atoms with van der Waals surface area (Å²) in [5.41, 5.74) is 4.62. The summed E-state index contributed by atoms with van der Waals surface area (Å²) >= 11 is 0. The second kappa shape index (κ2) is 6.03. The van der Waals surface area contributed by atoms with Gasteiger partial charge in [0, 0.05) is 11.5 Å². The smallest absolute Gasteiger partial charge is 0.0418 e. The molecule has 0 amide bonds. The lowest BCUT2D eigenvalue weighted by atomic mass is 9.83. The zero-order chi connectivity index (χ0) is 14.7. The Hall–Kier alpha value is -1.60. The van der Waals surface area contributed by atoms with Gasteiger partial charge in [-0.05, 0) is 42.5 Å². The van der Waals surface area contributed by atoms with Crippen molar-refractivity contribution in [2.75, 3.05) is 6.54 Å². The third-order valence-corrected chi connectivity index (χ3v) is 4.82. The molecule has 3 rings (SSSR count). The van der Waals surface area contributed by atoms with Crippen LogP contribution in [0, 0.1) is 0 Å². The molecule has 1 atom stereocenters. The first-order chi connectivity index (χ1) is 10.3. The fourth-order valence-electron chi connectivity index (χ4n) is 3.43. The Bertz CT molecular complexity index is 567. The van der Waals surface area contributed by atoms with Crippen molar-refractivity contribution in [3.63, 3.8) is 0 Å². The van der Waals surface area contributed by atoms with Gasteiger partial charge >= 0.3 is 0 Å². The van der Waals surface area contributed by atoms with Crippen molar-refractivity contribution in [1.82, 2.24) is 5.32 Å². The molecule has 0 heterocycles. The third-order valence-electron chi connectivity index (χ3n) is 4.82. The van der Waals surface area contributed by atoms with Crippen LogP contribution in [0.5, 0.6) is 0 Å². The summed E-state index contributed by atoms with van der Waals surface area (Å²) in [5, 5.41) is 3.74. The van der Waals surface area contributed by atoms with Crippen molar-refractivity contribution >= 4 is 0 Å². The summed E-state index contributed by atoms with van der Waals surface area (Å²) < 4.78 is 0. The van der Waals surface area contributed by atoms with Gasteiger partial charge in [-0.2, -0.15) is 0 Å². The number of nitrogens with one attached hydrogen (secondary N) is 1. The van der Waals surface area contributed by atoms with Gasteiger partial charge in [-0.1, -0.05) is 68.4 Å². The summed E-state index contributed by atoms with van der Waals surface area (Å²) in [5.74, 6) is 0. The van der Waals surface area contributed by atoms with E-state index in [0.717, 1.165) is 13.0 Å². The molecular formula is C20H25N. The zero-order valence-corrected chi connectivity index (χ0v) is 13.1. The van der Waals surface area contributed by atoms with Crippen LogP contribution in [-0.2, 0) is 11.8 Å². The van der Waals surface area contributed by atoms with Crippen molar-refractivity contribution in [2.45, 2.75) is 44.6 Å². The molecule has 1 aliphatic rings. The summed E-state index contributed by atoms with van der Waals surface area (Å²) in [7, 11) is 0. The number of rotatable bonds is 6. The summed E-state index contributed by atoms with van der Waals surface area (Å²) in [6, 6.07) is 20.6. The molecule has 1 fully saturated rings. The van der Waals surface area contributed by atoms with Crippen LogP contribution in [-0.4, -0.2) is 6.54 Å². The predicted molar refractivity (Wildman–Crippen MR) is 89.6 cm³/mol. The van der Waals surface area contributed by atoms with Crippen molar-refractivity contribution in [2.24, 2.45) is 0 Å². The van der Waals surface area contributed by atoms with Crippen molar-refractivity contribution in [1.29, 1.82) is 0 Å². The molecule has 0 bridgehead atoms. The first kappa shape index (κ1) is 14.3. The van der Waals surface area contributed by atoms with Gasteiger partial charge in [-0.15, -0.1) is 0 Å². The quantitative estimate of drug-likeness (QED) is 0.813. The molecule has 2 aromatic rings. The number of aryl methyl sites for hydroxylation is 1. The number of likely N-dealkylation sites (N-methyl/N-ethyl adjacent to an activating group) is 1. The Labute approximate surface area is 128 Å². The fraction of sp³-hybridized carbons (Fsp3) is 0.400. The van der Waals surface area contributed by atoms with Crippen LogP contribution in [0.1, 0.15) is 49.4 Å². The molecule has 0 aromatic heterocycles. The van der Waals surface area contributed by atoms with Crippen LogP contribution in [0.2, 0.25) is 0 Å². The number of hydrogen-bond acceptors (Lipinski definition) is 1. The van der Waals surface area contributed by atoms with Crippen LogP contribution in [0.3, 0.4) is 0 Å². The van der Waals surface area contributed by atoms with E-state index in [-0.39, 0.29) is 0 Å². The van der Waals surface area contributed by atoms with Crippen LogP contribution in [0.4, 0.5) is 0 Å². The molecule has 0 spiro atoms. The molecule has 1 N–H and O–H groups in total. The van der Waals surface area contributed by atoms with Crippen molar-refractivity contribution < 1.29 is 0 Å². The maximum atomic E-state index is 3.74. The van der Waals surface area contributed by atoms with E-state index in [1.54, 1.807) is 0 Å². The van der Waals surface area contributed by atoms with E-state index in [2.05, 4.69) is 73.8 Å². The largest absolute Gasteiger partial charge is 0.309 e. The van der Waals surface area contributed by atoms with Crippen molar-refractivity contribution in [3.8, 4) is 0 Å². The van der Waals surface area contributed by atoms with Gasteiger partial charge in [0.05, 0.1) is 0 Å². The highest BCUT2D eigenvalue weighted by atomic mass is 14.9. The topological polar surface area (TPSA) is 12.0 Å². The Kier molecular flexibility index (Phi) is 4.12. The Morgan fingerprint density at radius 1 is 0.952 bits per heavy atom. The highest BCUT2D eigenvalue weighted by molar-refractivity contribution is 5.39. The van der Waals surface area contributed by atoms with Crippen LogP contribution >= 0.6 is 0 Å². The number of benzene rings is 2. The lowest BCUT2D eigenvalue weighted by Crippen LogP contribution is -2.32. The second-order valence-electron chi connectivity index (χ2n) is 6.11. The van der Waals surface area contributed by atoms with Gasteiger partial charge in [-0.3, -0.25) is 0 Å². The van der Waals surface area contributed by atoms with Crippen LogP contribution in [0.15, 0.2) is 54.6 Å². The summed E-state index contributed by atoms with van der Waals surface area (Å²) in [6.07, 6.45) is 3.67. The van der Waals surface area contributed by atoms with E-state index in [9.17, 15) is 0 Å². The lowest BCUT2D eigenvalue weighted by molar-refractivity contribution is 0.439. The third kappa shape index (κ3) is 2.75. The van der Waals surface area contributed by atoms with Crippen LogP contribution in [0.25, 0.3) is 0 Å². The molecule has 0 aliphatic heterocycles. The standard InChI is InChI=1S/C20H25N/c1-3-16-10-12-17(13-11-16)19(21-4-2)20(14-15-20)18-8-6-5-7-9-18/h5-13,19,21H,3-4,14-15H2,1-2H3. The molecule has 1 aliphatic carbocycles. The van der Waals surface area contributed by atoms with Gasteiger partial charge in [0.25, 0.3) is 0 Å². The number of hydrogen-bond donors (Lipinski definition) is 1. The lowest BCUT2D eigenvalue weighted by Gasteiger charge is -2.29. The molecule has 1 unspecified atom stereocenters. The molecule has 2 aromatic carbocycles. The SMILES string of the molecule is CCNC(c1ccc(CC)cc1)C1(c2ccccc2)CC1. The first-order valence-corrected chi connectivity index (χ1v) is 8.18. The van der Waals surface area contributed by atoms with Gasteiger partial charge in [0.1, 0.15) is 0 Å². The van der Waals surface area contributed by atoms with Crippen molar-refractivity contribution in [3.05, 3.63) is 71.3 Å². The monoisotopic (exact) mass is 279 g/mol. The van der Waals surface area contributed by atoms with Gasteiger partial charge < -0.3 is 5.32 Å². The van der Waals surface area contributed by atoms with Gasteiger partial charge in [-0.25, -0.2) is 0 Å². The normalized spacial score (nSPS) is 17.4. The van der Waals surface area contributed by atoms with E-state index in [0.29, 0.717) is 11.5 Å². The average Bonchev–Trinajstić information content (AvgIpc) is 3.35. The minimum Gasteiger partial charge on any atom is -0.309 e. The van der Waals surface area contributed by atoms with Gasteiger partial charge in [0.2, 0.25) is 0 Å². The maximum Gasteiger partial charge on any atom is 0.0418 e. The summed E-state index contributed by atoms with van der Waals surface area (Å²) in [6.45, 7) is 5.42. The molecule has 1 nitrogen and oxygen atoms in total. The predicted octanol–water partition coefficient (Wildman–Crippen LogP) is 4.63. The van der Waals surface area contributed by atoms with E-state index in [1.165, 1.54) is 29.5 Å². The molecular weight excluding hydrogens is 254 g/mol. The summed E-state index contributed by atoms with van der Waals surface area (Å²) in [4.78, 5) is 0. The maximum absolute atomic E-state index is 3.74. The second-order valence-corrected chi connectivity index (χ2v) is 6.11. The van der Waals surface area contributed by atoms with E-state index in [4.69, 9.17) is 0 Å². The minimum absolute atomic E-state index is 0.297. The Morgan fingerprint density at radius 3 is 2.14 bits per heavy atom. The molecule has 110 valence electrons. The first-order valence-electron chi connectivity index (χ1n) is 8.18. The Morgan fingerprint density at radius 2 is 1.62 bits per heavy atom. The molecule has 0 radical (unpaired) electrons. The van der Waals surface area contributed by atoms with Gasteiger partial charge in [0.15, 0.2) is 0 Å². The molecule has 1 heteroatoms. The van der Waals surface area contributed by atoms with E-state index < -0.39 is 0 Å². The van der Waals surface area contributed by atoms with E-state index >= 15 is 0 Å². The highest BCUT2D eigenvalue weighted by Gasteiger charge is 2.50. The zero-order valence-electron chi connectivity index (χ0n) is 13.1. The van der Waals surface area contributed by atoms with Crippen LogP contribution < -0.4 is 5.32 Å². The Balaban J connectivity index is 1.94. The highest BCUT2D eigenvalue weighted by Crippen LogP contribution is 2.56. The molecule has 0 saturated heterocycles. The fourth-order valence-corrected chi connectivity index (χ4v) is 3.43. The molecule has 21 heavy (non-hydrogen) atoms. The molecule has 1 saturated carbocycles.